The predicted octanol–water partition coefficient (Wildman–Crippen LogP) is -0.348. The fraction of sp³-hybridized carbons (Fsp3) is 0.611. The van der Waals surface area contributed by atoms with Crippen LogP contribution in [0.4, 0.5) is 5.69 Å². The average molecular weight is 356 g/mol. The number of carbonyl (C=O) groups is 1. The number of nitrogens with zero attached hydrogens (tertiary/aromatic N) is 1. The Labute approximate surface area is 150 Å². The number of aliphatic hydroxyl groups is 1. The second kappa shape index (κ2) is 9.87. The summed E-state index contributed by atoms with van der Waals surface area (Å²) in [5, 5.41) is 13.0. The van der Waals surface area contributed by atoms with Crippen molar-refractivity contribution in [1.29, 1.82) is 0 Å². The third kappa shape index (κ3) is 6.30. The summed E-state index contributed by atoms with van der Waals surface area (Å²) in [6, 6.07) is 8.21. The highest BCUT2D eigenvalue weighted by molar-refractivity contribution is 5.88. The average Bonchev–Trinajstić information content (AvgIpc) is 2.50. The molecule has 3 unspecified atom stereocenters. The van der Waals surface area contributed by atoms with Crippen LogP contribution in [0.25, 0.3) is 0 Å². The van der Waals surface area contributed by atoms with Crippen LogP contribution in [0.5, 0.6) is 5.75 Å². The Hall–Kier alpha value is -1.30. The van der Waals surface area contributed by atoms with E-state index >= 15 is 0 Å². The first-order chi connectivity index (χ1) is 11.0. The Morgan fingerprint density at radius 3 is 2.42 bits per heavy atom. The van der Waals surface area contributed by atoms with Crippen LogP contribution in [-0.4, -0.2) is 47.3 Å². The maximum Gasteiger partial charge on any atom is 0.221 e. The lowest BCUT2D eigenvalue weighted by Gasteiger charge is -2.40. The third-order valence-electron chi connectivity index (χ3n) is 4.41. The Kier molecular flexibility index (Phi) is 8.53. The van der Waals surface area contributed by atoms with Gasteiger partial charge in [0.2, 0.25) is 5.91 Å². The Bertz CT molecular complexity index is 499. The summed E-state index contributed by atoms with van der Waals surface area (Å²) in [6.07, 6.45) is 3.16. The lowest BCUT2D eigenvalue weighted by atomic mass is 9.97. The summed E-state index contributed by atoms with van der Waals surface area (Å²) in [5.74, 6) is 0.594. The predicted molar refractivity (Wildman–Crippen MR) is 91.7 cm³/mol. The summed E-state index contributed by atoms with van der Waals surface area (Å²) in [7, 11) is 0. The Morgan fingerprint density at radius 1 is 1.29 bits per heavy atom. The van der Waals surface area contributed by atoms with Gasteiger partial charge in [-0.1, -0.05) is 6.42 Å². The normalized spacial score (nSPS) is 22.3. The van der Waals surface area contributed by atoms with E-state index in [0.29, 0.717) is 24.4 Å². The van der Waals surface area contributed by atoms with Crippen molar-refractivity contribution in [3.63, 3.8) is 0 Å². The fourth-order valence-electron chi connectivity index (χ4n) is 3.16. The molecule has 2 N–H and O–H groups in total. The van der Waals surface area contributed by atoms with E-state index in [-0.39, 0.29) is 24.9 Å². The smallest absolute Gasteiger partial charge is 0.221 e. The molecule has 3 atom stereocenters. The molecule has 1 aromatic carbocycles. The molecule has 0 bridgehead atoms. The van der Waals surface area contributed by atoms with Crippen LogP contribution < -0.4 is 22.5 Å². The maximum atomic E-state index is 11.0. The van der Waals surface area contributed by atoms with Gasteiger partial charge in [0.05, 0.1) is 0 Å². The van der Waals surface area contributed by atoms with E-state index in [0.717, 1.165) is 5.69 Å². The molecule has 0 aliphatic carbocycles. The Balaban J connectivity index is 0.00000288. The van der Waals surface area contributed by atoms with E-state index in [1.165, 1.54) is 26.2 Å². The molecule has 1 heterocycles. The number of anilines is 1. The first kappa shape index (κ1) is 20.7. The number of rotatable bonds is 6. The summed E-state index contributed by atoms with van der Waals surface area (Å²) in [4.78, 5) is 13.3. The van der Waals surface area contributed by atoms with Crippen LogP contribution in [-0.2, 0) is 4.79 Å². The van der Waals surface area contributed by atoms with E-state index in [1.807, 2.05) is 0 Å². The van der Waals surface area contributed by atoms with Gasteiger partial charge in [-0.15, -0.1) is 0 Å². The van der Waals surface area contributed by atoms with Gasteiger partial charge in [0.25, 0.3) is 0 Å². The lowest BCUT2D eigenvalue weighted by Crippen LogP contribution is -3.00. The number of aliphatic hydroxyl groups excluding tert-OH is 1. The number of hydrogen-bond donors (Lipinski definition) is 2. The minimum atomic E-state index is -0.506. The van der Waals surface area contributed by atoms with Crippen LogP contribution in [0.1, 0.15) is 40.0 Å². The number of halogens is 1. The molecular weight excluding hydrogens is 328 g/mol. The van der Waals surface area contributed by atoms with Gasteiger partial charge in [-0.3, -0.25) is 9.69 Å². The number of amides is 1. The number of ether oxygens (including phenoxy) is 1. The molecule has 1 amide bonds. The second-order valence-corrected chi connectivity index (χ2v) is 6.50. The van der Waals surface area contributed by atoms with Crippen molar-refractivity contribution >= 4 is 11.6 Å². The van der Waals surface area contributed by atoms with Crippen LogP contribution in [0.3, 0.4) is 0 Å². The van der Waals surface area contributed by atoms with E-state index in [1.54, 1.807) is 24.3 Å². The highest BCUT2D eigenvalue weighted by Gasteiger charge is 2.26. The zero-order valence-electron chi connectivity index (χ0n) is 14.7. The van der Waals surface area contributed by atoms with Gasteiger partial charge in [-0.25, -0.2) is 0 Å². The molecule has 1 aliphatic rings. The summed E-state index contributed by atoms with van der Waals surface area (Å²) < 4.78 is 5.65. The van der Waals surface area contributed by atoms with Gasteiger partial charge in [0.1, 0.15) is 18.5 Å². The minimum absolute atomic E-state index is 0. The quantitative estimate of drug-likeness (QED) is 0.732. The molecular formula is C18H28ClN2O3-. The molecule has 136 valence electrons. The molecule has 1 fully saturated rings. The number of carbonyl (C=O) groups excluding carboxylic acids is 1. The second-order valence-electron chi connectivity index (χ2n) is 6.50. The van der Waals surface area contributed by atoms with Crippen molar-refractivity contribution in [3.8, 4) is 5.75 Å². The molecule has 2 rings (SSSR count). The number of hydrogen-bond acceptors (Lipinski definition) is 4. The first-order valence-corrected chi connectivity index (χ1v) is 8.40. The highest BCUT2D eigenvalue weighted by Crippen LogP contribution is 2.22. The van der Waals surface area contributed by atoms with Gasteiger partial charge < -0.3 is 27.6 Å². The van der Waals surface area contributed by atoms with E-state index < -0.39 is 6.10 Å². The number of piperidine rings is 1. The fourth-order valence-corrected chi connectivity index (χ4v) is 3.16. The topological polar surface area (TPSA) is 61.8 Å². The molecule has 0 saturated carbocycles. The van der Waals surface area contributed by atoms with Gasteiger partial charge in [0, 0.05) is 31.2 Å². The van der Waals surface area contributed by atoms with Gasteiger partial charge in [0.15, 0.2) is 0 Å². The van der Waals surface area contributed by atoms with Crippen LogP contribution in [0, 0.1) is 0 Å². The highest BCUT2D eigenvalue weighted by atomic mass is 35.5. The molecule has 6 heteroatoms. The standard InChI is InChI=1S/C18H28N2O3.ClH/c1-13-5-4-6-14(2)20(13)11-17(22)12-23-18-9-7-16(8-10-18)19-15(3)21;/h7-10,13-14,17,22H,4-6,11-12H2,1-3H3,(H,19,21);1H/p-1. The SMILES string of the molecule is CC(=O)Nc1ccc(OCC(O)CN2C(C)CCCC2C)cc1.[Cl-]. The maximum absolute atomic E-state index is 11.0. The molecule has 24 heavy (non-hydrogen) atoms. The molecule has 0 spiro atoms. The van der Waals surface area contributed by atoms with E-state index in [2.05, 4.69) is 24.1 Å². The monoisotopic (exact) mass is 355 g/mol. The van der Waals surface area contributed by atoms with E-state index in [9.17, 15) is 9.90 Å². The van der Waals surface area contributed by atoms with Crippen LogP contribution in [0.15, 0.2) is 24.3 Å². The van der Waals surface area contributed by atoms with Crippen molar-refractivity contribution < 1.29 is 27.0 Å². The molecule has 1 aromatic rings. The largest absolute Gasteiger partial charge is 1.00 e. The summed E-state index contributed by atoms with van der Waals surface area (Å²) in [6.45, 7) is 6.85. The van der Waals surface area contributed by atoms with Crippen LogP contribution in [0.2, 0.25) is 0 Å². The number of benzene rings is 1. The van der Waals surface area contributed by atoms with Crippen molar-refractivity contribution in [1.82, 2.24) is 4.90 Å². The molecule has 5 nitrogen and oxygen atoms in total. The number of β-amino-alcohol motifs (C(OH)–C–C–N with tert-alkyl or cyclic N) is 1. The third-order valence-corrected chi connectivity index (χ3v) is 4.41. The van der Waals surface area contributed by atoms with Crippen LogP contribution >= 0.6 is 0 Å². The van der Waals surface area contributed by atoms with Crippen molar-refractivity contribution in [3.05, 3.63) is 24.3 Å². The zero-order valence-corrected chi connectivity index (χ0v) is 15.4. The van der Waals surface area contributed by atoms with Gasteiger partial charge in [-0.05, 0) is 51.0 Å². The Morgan fingerprint density at radius 2 is 1.88 bits per heavy atom. The first-order valence-electron chi connectivity index (χ1n) is 8.40. The van der Waals surface area contributed by atoms with Crippen molar-refractivity contribution in [2.45, 2.75) is 58.2 Å². The number of likely N-dealkylation sites (tertiary alicyclic amines) is 1. The van der Waals surface area contributed by atoms with Gasteiger partial charge in [-0.2, -0.15) is 0 Å². The number of nitrogens with one attached hydrogen (secondary N) is 1. The molecule has 1 aliphatic heterocycles. The van der Waals surface area contributed by atoms with Crippen molar-refractivity contribution in [2.75, 3.05) is 18.5 Å². The summed E-state index contributed by atoms with van der Waals surface area (Å²) >= 11 is 0. The molecule has 0 aromatic heterocycles. The minimum Gasteiger partial charge on any atom is -1.00 e. The van der Waals surface area contributed by atoms with Gasteiger partial charge >= 0.3 is 0 Å². The zero-order chi connectivity index (χ0) is 16.8. The van der Waals surface area contributed by atoms with E-state index in [4.69, 9.17) is 4.74 Å². The molecule has 0 radical (unpaired) electrons. The van der Waals surface area contributed by atoms with Crippen molar-refractivity contribution in [2.24, 2.45) is 0 Å². The molecule has 1 saturated heterocycles. The summed E-state index contributed by atoms with van der Waals surface area (Å²) in [5.41, 5.74) is 0.737. The lowest BCUT2D eigenvalue weighted by molar-refractivity contribution is -0.114.